The first kappa shape index (κ1) is 15.6. The summed E-state index contributed by atoms with van der Waals surface area (Å²) in [4.78, 5) is 12.2. The number of nitrogens with one attached hydrogen (secondary N) is 1. The second kappa shape index (κ2) is 7.29. The van der Waals surface area contributed by atoms with E-state index in [0.29, 0.717) is 28.6 Å². The molecule has 0 radical (unpaired) electrons. The fraction of sp³-hybridized carbons (Fsp3) is 0.0625. The number of carbonyl (C=O) groups is 1. The molecule has 21 heavy (non-hydrogen) atoms. The van der Waals surface area contributed by atoms with E-state index in [0.717, 1.165) is 4.47 Å². The van der Waals surface area contributed by atoms with Crippen LogP contribution in [-0.4, -0.2) is 12.5 Å². The highest BCUT2D eigenvalue weighted by molar-refractivity contribution is 9.10. The average Bonchev–Trinajstić information content (AvgIpc) is 2.49. The zero-order valence-corrected chi connectivity index (χ0v) is 13.4. The molecule has 0 saturated carbocycles. The second-order valence-electron chi connectivity index (χ2n) is 4.20. The van der Waals surface area contributed by atoms with Gasteiger partial charge in [-0.25, -0.2) is 0 Å². The van der Waals surface area contributed by atoms with Gasteiger partial charge in [0.1, 0.15) is 12.4 Å². The van der Waals surface area contributed by atoms with E-state index in [1.165, 1.54) is 0 Å². The molecule has 0 saturated heterocycles. The summed E-state index contributed by atoms with van der Waals surface area (Å²) >= 11 is 9.35. The number of amides is 1. The first-order chi connectivity index (χ1) is 10.1. The number of rotatable bonds is 5. The zero-order valence-electron chi connectivity index (χ0n) is 11.1. The second-order valence-corrected chi connectivity index (χ2v) is 5.53. The van der Waals surface area contributed by atoms with Crippen molar-refractivity contribution in [1.82, 2.24) is 0 Å². The molecule has 2 rings (SSSR count). The van der Waals surface area contributed by atoms with Crippen LogP contribution in [0.3, 0.4) is 0 Å². The largest absolute Gasteiger partial charge is 0.490 e. The Balaban J connectivity index is 2.08. The van der Waals surface area contributed by atoms with Gasteiger partial charge in [-0.3, -0.25) is 4.79 Å². The molecular formula is C16H13BrClNO2. The Morgan fingerprint density at radius 2 is 2.00 bits per heavy atom. The Morgan fingerprint density at radius 3 is 2.67 bits per heavy atom. The number of anilines is 1. The highest BCUT2D eigenvalue weighted by atomic mass is 79.9. The Labute approximate surface area is 136 Å². The van der Waals surface area contributed by atoms with Crippen molar-refractivity contribution in [3.05, 3.63) is 70.2 Å². The normalized spacial score (nSPS) is 10.0. The van der Waals surface area contributed by atoms with Crippen molar-refractivity contribution in [3.63, 3.8) is 0 Å². The van der Waals surface area contributed by atoms with Crippen molar-refractivity contribution in [2.45, 2.75) is 0 Å². The number of ether oxygens (including phenoxy) is 1. The van der Waals surface area contributed by atoms with E-state index < -0.39 is 0 Å². The van der Waals surface area contributed by atoms with Crippen LogP contribution in [0, 0.1) is 0 Å². The van der Waals surface area contributed by atoms with Gasteiger partial charge in [0, 0.05) is 10.2 Å². The van der Waals surface area contributed by atoms with Crippen molar-refractivity contribution in [1.29, 1.82) is 0 Å². The maximum Gasteiger partial charge on any atom is 0.257 e. The highest BCUT2D eigenvalue weighted by Crippen LogP contribution is 2.23. The molecule has 2 aromatic rings. The van der Waals surface area contributed by atoms with Gasteiger partial charge in [0.05, 0.1) is 10.6 Å². The van der Waals surface area contributed by atoms with Gasteiger partial charge in [-0.05, 0) is 42.5 Å². The molecular weight excluding hydrogens is 354 g/mol. The predicted molar refractivity (Wildman–Crippen MR) is 89.2 cm³/mol. The van der Waals surface area contributed by atoms with Crippen LogP contribution < -0.4 is 10.1 Å². The number of hydrogen-bond donors (Lipinski definition) is 1. The summed E-state index contributed by atoms with van der Waals surface area (Å²) in [6.45, 7) is 4.03. The van der Waals surface area contributed by atoms with E-state index in [1.54, 1.807) is 48.5 Å². The summed E-state index contributed by atoms with van der Waals surface area (Å²) in [6, 6.07) is 12.2. The third-order valence-electron chi connectivity index (χ3n) is 2.65. The summed E-state index contributed by atoms with van der Waals surface area (Å²) in [5.74, 6) is 0.453. The average molecular weight is 367 g/mol. The summed E-state index contributed by atoms with van der Waals surface area (Å²) in [6.07, 6.45) is 1.67. The molecule has 0 fully saturated rings. The number of benzene rings is 2. The molecule has 0 aliphatic rings. The van der Waals surface area contributed by atoms with Crippen LogP contribution in [0.25, 0.3) is 0 Å². The molecule has 2 aromatic carbocycles. The summed E-state index contributed by atoms with van der Waals surface area (Å²) in [5.41, 5.74) is 1.08. The molecule has 0 atom stereocenters. The lowest BCUT2D eigenvalue weighted by Gasteiger charge is -2.08. The van der Waals surface area contributed by atoms with Gasteiger partial charge in [0.2, 0.25) is 0 Å². The van der Waals surface area contributed by atoms with Crippen LogP contribution in [0.15, 0.2) is 59.6 Å². The third-order valence-corrected chi connectivity index (χ3v) is 3.48. The number of halogens is 2. The highest BCUT2D eigenvalue weighted by Gasteiger charge is 2.11. The SMILES string of the molecule is C=CCOc1ccc(NC(=O)c2cc(Br)ccc2Cl)cc1. The molecule has 0 aromatic heterocycles. The molecule has 0 heterocycles. The Morgan fingerprint density at radius 1 is 1.29 bits per heavy atom. The van der Waals surface area contributed by atoms with Gasteiger partial charge in [-0.1, -0.05) is 40.2 Å². The maximum atomic E-state index is 12.2. The van der Waals surface area contributed by atoms with E-state index in [4.69, 9.17) is 16.3 Å². The van der Waals surface area contributed by atoms with E-state index in [2.05, 4.69) is 27.8 Å². The first-order valence-corrected chi connectivity index (χ1v) is 7.37. The number of carbonyl (C=O) groups excluding carboxylic acids is 1. The lowest BCUT2D eigenvalue weighted by atomic mass is 10.2. The summed E-state index contributed by atoms with van der Waals surface area (Å²) in [5, 5.41) is 3.19. The molecule has 0 bridgehead atoms. The van der Waals surface area contributed by atoms with Gasteiger partial charge < -0.3 is 10.1 Å². The third kappa shape index (κ3) is 4.34. The number of hydrogen-bond acceptors (Lipinski definition) is 2. The summed E-state index contributed by atoms with van der Waals surface area (Å²) < 4.78 is 6.17. The zero-order chi connectivity index (χ0) is 15.2. The van der Waals surface area contributed by atoms with Crippen molar-refractivity contribution < 1.29 is 9.53 Å². The predicted octanol–water partition coefficient (Wildman–Crippen LogP) is 4.92. The molecule has 5 heteroatoms. The standard InChI is InChI=1S/C16H13BrClNO2/c1-2-9-21-13-6-4-12(5-7-13)19-16(20)14-10-11(17)3-8-15(14)18/h2-8,10H,1,9H2,(H,19,20). The lowest BCUT2D eigenvalue weighted by Crippen LogP contribution is -2.12. The molecule has 0 aliphatic heterocycles. The van der Waals surface area contributed by atoms with Gasteiger partial charge in [0.15, 0.2) is 0 Å². The monoisotopic (exact) mass is 365 g/mol. The van der Waals surface area contributed by atoms with Crippen LogP contribution in [0.5, 0.6) is 5.75 Å². The quantitative estimate of drug-likeness (QED) is 0.763. The topological polar surface area (TPSA) is 38.3 Å². The molecule has 0 aliphatic carbocycles. The van der Waals surface area contributed by atoms with Crippen molar-refractivity contribution in [3.8, 4) is 5.75 Å². The van der Waals surface area contributed by atoms with Crippen molar-refractivity contribution in [2.75, 3.05) is 11.9 Å². The smallest absolute Gasteiger partial charge is 0.257 e. The van der Waals surface area contributed by atoms with E-state index in [9.17, 15) is 4.79 Å². The minimum Gasteiger partial charge on any atom is -0.490 e. The van der Waals surface area contributed by atoms with Crippen LogP contribution in [0.4, 0.5) is 5.69 Å². The molecule has 1 N–H and O–H groups in total. The molecule has 108 valence electrons. The fourth-order valence-electron chi connectivity index (χ4n) is 1.66. The maximum absolute atomic E-state index is 12.2. The molecule has 1 amide bonds. The molecule has 0 spiro atoms. The Bertz CT molecular complexity index is 656. The van der Waals surface area contributed by atoms with Gasteiger partial charge in [-0.2, -0.15) is 0 Å². The van der Waals surface area contributed by atoms with Gasteiger partial charge in [0.25, 0.3) is 5.91 Å². The minimum atomic E-state index is -0.263. The molecule has 3 nitrogen and oxygen atoms in total. The molecule has 0 unspecified atom stereocenters. The van der Waals surface area contributed by atoms with E-state index in [-0.39, 0.29) is 5.91 Å². The van der Waals surface area contributed by atoms with Gasteiger partial charge in [-0.15, -0.1) is 0 Å². The van der Waals surface area contributed by atoms with Crippen LogP contribution in [-0.2, 0) is 0 Å². The van der Waals surface area contributed by atoms with E-state index in [1.807, 2.05) is 0 Å². The van der Waals surface area contributed by atoms with E-state index >= 15 is 0 Å². The van der Waals surface area contributed by atoms with Crippen LogP contribution >= 0.6 is 27.5 Å². The first-order valence-electron chi connectivity index (χ1n) is 6.20. The summed E-state index contributed by atoms with van der Waals surface area (Å²) in [7, 11) is 0. The fourth-order valence-corrected chi connectivity index (χ4v) is 2.22. The van der Waals surface area contributed by atoms with Crippen LogP contribution in [0.2, 0.25) is 5.02 Å². The van der Waals surface area contributed by atoms with Crippen LogP contribution in [0.1, 0.15) is 10.4 Å². The minimum absolute atomic E-state index is 0.263. The lowest BCUT2D eigenvalue weighted by molar-refractivity contribution is 0.102. The van der Waals surface area contributed by atoms with Gasteiger partial charge >= 0.3 is 0 Å². The Kier molecular flexibility index (Phi) is 5.42. The van der Waals surface area contributed by atoms with Crippen molar-refractivity contribution >= 4 is 39.1 Å². The van der Waals surface area contributed by atoms with Crippen molar-refractivity contribution in [2.24, 2.45) is 0 Å². The Hall–Kier alpha value is -1.78.